The van der Waals surface area contributed by atoms with Gasteiger partial charge in [0.2, 0.25) is 0 Å². The maximum Gasteiger partial charge on any atom is 0.410 e. The van der Waals surface area contributed by atoms with Crippen LogP contribution in [0.5, 0.6) is 0 Å². The van der Waals surface area contributed by atoms with E-state index >= 15 is 0 Å². The largest absolute Gasteiger partial charge is 0.447 e. The SMILES string of the molecule is CC(C)OC(=O)N1CCN(C2c3ccc(Cl)cc3/C(C(N)C3CCN=CN3C)=C\CC3=CC=CNC32)CC1. The number of ether oxygens (including phenoxy) is 1. The Hall–Kier alpha value is -2.81. The van der Waals surface area contributed by atoms with E-state index in [1.807, 2.05) is 37.4 Å². The van der Waals surface area contributed by atoms with Crippen LogP contribution in [0.15, 0.2) is 53.2 Å². The van der Waals surface area contributed by atoms with Crippen LogP contribution in [0.3, 0.4) is 0 Å². The molecule has 0 spiro atoms. The van der Waals surface area contributed by atoms with E-state index in [0.29, 0.717) is 18.1 Å². The highest BCUT2D eigenvalue weighted by molar-refractivity contribution is 6.30. The number of aliphatic imine (C=N–C) groups is 1. The van der Waals surface area contributed by atoms with Crippen LogP contribution in [0.2, 0.25) is 5.02 Å². The summed E-state index contributed by atoms with van der Waals surface area (Å²) < 4.78 is 5.46. The number of nitrogens with one attached hydrogen (secondary N) is 1. The fraction of sp³-hybridized carbons (Fsp3) is 0.517. The number of halogens is 1. The number of hydrogen-bond acceptors (Lipinski definition) is 7. The Kier molecular flexibility index (Phi) is 8.12. The van der Waals surface area contributed by atoms with Gasteiger partial charge in [0, 0.05) is 44.8 Å². The molecule has 3 aliphatic heterocycles. The van der Waals surface area contributed by atoms with Gasteiger partial charge >= 0.3 is 6.09 Å². The van der Waals surface area contributed by atoms with E-state index in [2.05, 4.69) is 57.5 Å². The third kappa shape index (κ3) is 5.48. The van der Waals surface area contributed by atoms with Crippen LogP contribution in [-0.4, -0.2) is 91.1 Å². The second-order valence-corrected chi connectivity index (χ2v) is 11.2. The van der Waals surface area contributed by atoms with Crippen molar-refractivity contribution in [3.63, 3.8) is 0 Å². The Morgan fingerprint density at radius 1 is 1.24 bits per heavy atom. The van der Waals surface area contributed by atoms with Crippen molar-refractivity contribution >= 4 is 29.6 Å². The van der Waals surface area contributed by atoms with Crippen LogP contribution >= 0.6 is 11.6 Å². The zero-order valence-electron chi connectivity index (χ0n) is 22.5. The summed E-state index contributed by atoms with van der Waals surface area (Å²) in [5.74, 6) is 0. The summed E-state index contributed by atoms with van der Waals surface area (Å²) in [5.41, 5.74) is 11.8. The molecular formula is C29H39ClN6O2. The van der Waals surface area contributed by atoms with E-state index in [1.165, 1.54) is 11.1 Å². The molecule has 1 saturated heterocycles. The van der Waals surface area contributed by atoms with Crippen molar-refractivity contribution < 1.29 is 9.53 Å². The number of dihydropyridines is 1. The minimum Gasteiger partial charge on any atom is -0.447 e. The summed E-state index contributed by atoms with van der Waals surface area (Å²) in [6.07, 6.45) is 11.9. The molecule has 0 aromatic heterocycles. The number of carbonyl (C=O) groups excluding carboxylic acids is 1. The maximum atomic E-state index is 12.6. The summed E-state index contributed by atoms with van der Waals surface area (Å²) in [7, 11) is 2.05. The number of nitrogens with two attached hydrogens (primary N) is 1. The number of amides is 1. The third-order valence-corrected chi connectivity index (χ3v) is 8.25. The second kappa shape index (κ2) is 11.5. The van der Waals surface area contributed by atoms with Gasteiger partial charge in [-0.15, -0.1) is 0 Å². The second-order valence-electron chi connectivity index (χ2n) is 10.8. The first-order chi connectivity index (χ1) is 18.3. The lowest BCUT2D eigenvalue weighted by atomic mass is 9.79. The number of likely N-dealkylation sites (N-methyl/N-ethyl adjacent to an activating group) is 1. The Bertz CT molecular complexity index is 1150. The monoisotopic (exact) mass is 538 g/mol. The highest BCUT2D eigenvalue weighted by Gasteiger charge is 2.38. The third-order valence-electron chi connectivity index (χ3n) is 8.02. The summed E-state index contributed by atoms with van der Waals surface area (Å²) in [6, 6.07) is 6.36. The van der Waals surface area contributed by atoms with Gasteiger partial charge in [-0.25, -0.2) is 4.79 Å². The topological polar surface area (TPSA) is 86.4 Å². The molecule has 8 nitrogen and oxygen atoms in total. The molecule has 3 heterocycles. The minimum absolute atomic E-state index is 0.0586. The number of fused-ring (bicyclic) bond motifs is 2. The molecule has 4 atom stereocenters. The normalized spacial score (nSPS) is 27.8. The van der Waals surface area contributed by atoms with Crippen molar-refractivity contribution in [3.05, 3.63) is 64.3 Å². The predicted octanol–water partition coefficient (Wildman–Crippen LogP) is 3.80. The molecule has 5 rings (SSSR count). The molecule has 1 amide bonds. The Morgan fingerprint density at radius 3 is 2.76 bits per heavy atom. The average Bonchev–Trinajstić information content (AvgIpc) is 2.90. The summed E-state index contributed by atoms with van der Waals surface area (Å²) in [4.78, 5) is 23.4. The lowest BCUT2D eigenvalue weighted by Crippen LogP contribution is -2.54. The fourth-order valence-corrected chi connectivity index (χ4v) is 6.26. The van der Waals surface area contributed by atoms with Crippen LogP contribution in [0, 0.1) is 0 Å². The van der Waals surface area contributed by atoms with Gasteiger partial charge in [-0.05, 0) is 73.4 Å². The number of rotatable bonds is 4. The quantitative estimate of drug-likeness (QED) is 0.606. The summed E-state index contributed by atoms with van der Waals surface area (Å²) in [5, 5.41) is 4.35. The molecule has 1 fully saturated rings. The Labute approximate surface area is 230 Å². The van der Waals surface area contributed by atoms with Crippen LogP contribution in [0.4, 0.5) is 4.79 Å². The van der Waals surface area contributed by atoms with Crippen LogP contribution in [0.1, 0.15) is 43.9 Å². The van der Waals surface area contributed by atoms with Gasteiger partial charge < -0.3 is 25.6 Å². The van der Waals surface area contributed by atoms with Crippen molar-refractivity contribution in [3.8, 4) is 0 Å². The van der Waals surface area contributed by atoms with Gasteiger partial charge in [-0.1, -0.05) is 29.8 Å². The first-order valence-electron chi connectivity index (χ1n) is 13.6. The summed E-state index contributed by atoms with van der Waals surface area (Å²) >= 11 is 6.61. The standard InChI is InChI=1S/C29H39ClN6O2/c1-19(2)38-29(37)36-15-13-35(14-16-36)28-23-9-7-21(30)17-24(23)22(8-6-20-5-4-11-33-27(20)28)26(31)25-10-12-32-18-34(25)3/h4-5,7-9,11,17-19,25-28,33H,6,10,12-16,31H2,1-3H3/b22-8+. The van der Waals surface area contributed by atoms with Crippen molar-refractivity contribution in [2.24, 2.45) is 10.7 Å². The van der Waals surface area contributed by atoms with Crippen LogP contribution in [0.25, 0.3) is 5.57 Å². The van der Waals surface area contributed by atoms with E-state index in [1.54, 1.807) is 0 Å². The highest BCUT2D eigenvalue weighted by atomic mass is 35.5. The van der Waals surface area contributed by atoms with Crippen LogP contribution in [-0.2, 0) is 4.74 Å². The number of allylic oxidation sites excluding steroid dienone is 3. The molecule has 3 N–H and O–H groups in total. The van der Waals surface area contributed by atoms with Crippen LogP contribution < -0.4 is 11.1 Å². The first kappa shape index (κ1) is 26.8. The number of nitrogens with zero attached hydrogens (tertiary/aromatic N) is 4. The van der Waals surface area contributed by atoms with E-state index in [9.17, 15) is 4.79 Å². The number of piperazine rings is 1. The fourth-order valence-electron chi connectivity index (χ4n) is 6.09. The predicted molar refractivity (Wildman–Crippen MR) is 153 cm³/mol. The van der Waals surface area contributed by atoms with E-state index in [-0.39, 0.29) is 36.4 Å². The van der Waals surface area contributed by atoms with Crippen molar-refractivity contribution in [1.29, 1.82) is 0 Å². The van der Waals surface area contributed by atoms with Crippen molar-refractivity contribution in [1.82, 2.24) is 20.0 Å². The van der Waals surface area contributed by atoms with E-state index in [4.69, 9.17) is 22.1 Å². The number of hydrogen-bond donors (Lipinski definition) is 2. The Balaban J connectivity index is 1.51. The minimum atomic E-state index is -0.236. The molecule has 1 aromatic rings. The van der Waals surface area contributed by atoms with E-state index < -0.39 is 0 Å². The number of benzene rings is 1. The smallest absolute Gasteiger partial charge is 0.410 e. The van der Waals surface area contributed by atoms with Gasteiger partial charge in [0.1, 0.15) is 0 Å². The van der Waals surface area contributed by atoms with Gasteiger partial charge in [-0.3, -0.25) is 9.89 Å². The molecule has 9 heteroatoms. The molecule has 38 heavy (non-hydrogen) atoms. The molecule has 0 bridgehead atoms. The lowest BCUT2D eigenvalue weighted by molar-refractivity contribution is 0.0445. The zero-order valence-corrected chi connectivity index (χ0v) is 23.3. The maximum absolute atomic E-state index is 12.6. The highest BCUT2D eigenvalue weighted by Crippen LogP contribution is 2.41. The molecule has 204 valence electrons. The van der Waals surface area contributed by atoms with E-state index in [0.717, 1.165) is 43.6 Å². The molecule has 0 saturated carbocycles. The summed E-state index contributed by atoms with van der Waals surface area (Å²) in [6.45, 7) is 7.31. The lowest BCUT2D eigenvalue weighted by Gasteiger charge is -2.45. The molecular weight excluding hydrogens is 500 g/mol. The van der Waals surface area contributed by atoms with Crippen molar-refractivity contribution in [2.75, 3.05) is 39.8 Å². The van der Waals surface area contributed by atoms with Gasteiger partial charge in [0.25, 0.3) is 0 Å². The average molecular weight is 539 g/mol. The molecule has 4 aliphatic rings. The zero-order chi connectivity index (χ0) is 26.8. The first-order valence-corrected chi connectivity index (χ1v) is 14.0. The van der Waals surface area contributed by atoms with Gasteiger partial charge in [0.15, 0.2) is 0 Å². The Morgan fingerprint density at radius 2 is 2.03 bits per heavy atom. The van der Waals surface area contributed by atoms with Gasteiger partial charge in [-0.2, -0.15) is 0 Å². The molecule has 1 aliphatic carbocycles. The van der Waals surface area contributed by atoms with Gasteiger partial charge in [0.05, 0.1) is 36.6 Å². The van der Waals surface area contributed by atoms with Crippen molar-refractivity contribution in [2.45, 2.75) is 57.0 Å². The molecule has 1 aromatic carbocycles. The molecule has 0 radical (unpaired) electrons. The molecule has 4 unspecified atom stereocenters. The number of carbonyl (C=O) groups is 1.